The summed E-state index contributed by atoms with van der Waals surface area (Å²) in [4.78, 5) is 17.2. The van der Waals surface area contributed by atoms with Crippen LogP contribution in [0.3, 0.4) is 0 Å². The zero-order chi connectivity index (χ0) is 20.6. The monoisotopic (exact) mass is 413 g/mol. The van der Waals surface area contributed by atoms with Crippen LogP contribution in [0.2, 0.25) is 0 Å². The fourth-order valence-corrected chi connectivity index (χ4v) is 5.12. The molecule has 0 aliphatic carbocycles. The van der Waals surface area contributed by atoms with Gasteiger partial charge in [0.1, 0.15) is 0 Å². The normalized spacial score (nSPS) is 15.5. The van der Waals surface area contributed by atoms with E-state index in [2.05, 4.69) is 15.4 Å². The Balaban J connectivity index is 1.51. The van der Waals surface area contributed by atoms with Crippen molar-refractivity contribution in [3.63, 3.8) is 0 Å². The largest absolute Gasteiger partial charge is 0.322 e. The Morgan fingerprint density at radius 2 is 1.79 bits per heavy atom. The molecular formula is C20H23N5O3S. The van der Waals surface area contributed by atoms with Crippen LogP contribution in [0.4, 0.5) is 5.69 Å². The van der Waals surface area contributed by atoms with Gasteiger partial charge in [0.2, 0.25) is 10.0 Å². The summed E-state index contributed by atoms with van der Waals surface area (Å²) >= 11 is 0. The molecule has 0 atom stereocenters. The number of nitrogens with one attached hydrogen (secondary N) is 1. The number of hydrogen-bond acceptors (Lipinski definition) is 5. The average Bonchev–Trinajstić information content (AvgIpc) is 3.02. The second kappa shape index (κ2) is 7.57. The van der Waals surface area contributed by atoms with Crippen molar-refractivity contribution in [3.05, 3.63) is 47.8 Å². The van der Waals surface area contributed by atoms with Crippen molar-refractivity contribution in [2.24, 2.45) is 7.05 Å². The quantitative estimate of drug-likeness (QED) is 0.709. The molecule has 3 heterocycles. The molecular weight excluding hydrogens is 390 g/mol. The van der Waals surface area contributed by atoms with E-state index < -0.39 is 10.0 Å². The number of aromatic nitrogens is 3. The highest BCUT2D eigenvalue weighted by molar-refractivity contribution is 7.89. The summed E-state index contributed by atoms with van der Waals surface area (Å²) < 4.78 is 28.6. The highest BCUT2D eigenvalue weighted by atomic mass is 32.2. The number of nitrogens with zero attached hydrogens (tertiary/aromatic N) is 4. The minimum atomic E-state index is -3.48. The van der Waals surface area contributed by atoms with Crippen LogP contribution < -0.4 is 5.32 Å². The molecule has 152 valence electrons. The van der Waals surface area contributed by atoms with Crippen LogP contribution >= 0.6 is 0 Å². The third-order valence-electron chi connectivity index (χ3n) is 5.19. The van der Waals surface area contributed by atoms with Gasteiger partial charge in [0.25, 0.3) is 5.91 Å². The lowest BCUT2D eigenvalue weighted by Gasteiger charge is -2.25. The smallest absolute Gasteiger partial charge is 0.257 e. The Hall–Kier alpha value is -2.78. The van der Waals surface area contributed by atoms with Crippen LogP contribution in [0.5, 0.6) is 0 Å². The first-order chi connectivity index (χ1) is 13.9. The average molecular weight is 414 g/mol. The van der Waals surface area contributed by atoms with E-state index >= 15 is 0 Å². The number of fused-ring (bicyclic) bond motifs is 1. The van der Waals surface area contributed by atoms with Crippen molar-refractivity contribution in [3.8, 4) is 0 Å². The first-order valence-electron chi connectivity index (χ1n) is 9.57. The first-order valence-corrected chi connectivity index (χ1v) is 11.0. The van der Waals surface area contributed by atoms with Gasteiger partial charge >= 0.3 is 0 Å². The van der Waals surface area contributed by atoms with Crippen LogP contribution in [0.15, 0.2) is 41.4 Å². The number of benzene rings is 1. The van der Waals surface area contributed by atoms with Gasteiger partial charge in [-0.3, -0.25) is 9.48 Å². The summed E-state index contributed by atoms with van der Waals surface area (Å²) in [6.07, 6.45) is 4.36. The van der Waals surface area contributed by atoms with E-state index in [1.165, 1.54) is 22.6 Å². The maximum Gasteiger partial charge on any atom is 0.257 e. The van der Waals surface area contributed by atoms with Gasteiger partial charge in [0.05, 0.1) is 16.2 Å². The Kier molecular flexibility index (Phi) is 5.10. The Morgan fingerprint density at radius 1 is 1.10 bits per heavy atom. The second-order valence-electron chi connectivity index (χ2n) is 7.25. The number of pyridine rings is 1. The van der Waals surface area contributed by atoms with Crippen molar-refractivity contribution in [2.45, 2.75) is 31.1 Å². The van der Waals surface area contributed by atoms with E-state index in [9.17, 15) is 13.2 Å². The molecule has 0 radical (unpaired) electrons. The number of piperidine rings is 1. The van der Waals surface area contributed by atoms with Crippen LogP contribution in [0.25, 0.3) is 11.0 Å². The molecule has 1 saturated heterocycles. The predicted molar refractivity (Wildman–Crippen MR) is 110 cm³/mol. The van der Waals surface area contributed by atoms with Gasteiger partial charge in [-0.2, -0.15) is 9.40 Å². The number of amides is 1. The predicted octanol–water partition coefficient (Wildman–Crippen LogP) is 2.70. The summed E-state index contributed by atoms with van der Waals surface area (Å²) in [6, 6.07) is 8.04. The van der Waals surface area contributed by atoms with Crippen molar-refractivity contribution in [1.82, 2.24) is 19.1 Å². The minimum Gasteiger partial charge on any atom is -0.322 e. The van der Waals surface area contributed by atoms with Gasteiger partial charge in [-0.05, 0) is 50.1 Å². The van der Waals surface area contributed by atoms with Crippen molar-refractivity contribution >= 4 is 32.7 Å². The molecule has 3 aromatic rings. The van der Waals surface area contributed by atoms with E-state index in [4.69, 9.17) is 0 Å². The molecule has 0 unspecified atom stereocenters. The molecule has 8 nitrogen and oxygen atoms in total. The van der Waals surface area contributed by atoms with Crippen LogP contribution in [0.1, 0.15) is 35.3 Å². The lowest BCUT2D eigenvalue weighted by Crippen LogP contribution is -2.35. The summed E-state index contributed by atoms with van der Waals surface area (Å²) in [5.74, 6) is -0.311. The van der Waals surface area contributed by atoms with E-state index in [-0.39, 0.29) is 10.8 Å². The zero-order valence-electron chi connectivity index (χ0n) is 16.4. The fraction of sp³-hybridized carbons (Fsp3) is 0.350. The molecule has 1 N–H and O–H groups in total. The number of aryl methyl sites for hydroxylation is 2. The Bertz CT molecular complexity index is 1160. The highest BCUT2D eigenvalue weighted by Crippen LogP contribution is 2.22. The molecule has 1 amide bonds. The molecule has 29 heavy (non-hydrogen) atoms. The van der Waals surface area contributed by atoms with Crippen molar-refractivity contribution in [2.75, 3.05) is 18.4 Å². The van der Waals surface area contributed by atoms with E-state index in [0.29, 0.717) is 30.0 Å². The molecule has 9 heteroatoms. The van der Waals surface area contributed by atoms with Gasteiger partial charge in [0, 0.05) is 37.4 Å². The Morgan fingerprint density at radius 3 is 2.48 bits per heavy atom. The van der Waals surface area contributed by atoms with Crippen molar-refractivity contribution in [1.29, 1.82) is 0 Å². The van der Waals surface area contributed by atoms with Gasteiger partial charge in [-0.25, -0.2) is 13.4 Å². The summed E-state index contributed by atoms with van der Waals surface area (Å²) in [5, 5.41) is 7.92. The first kappa shape index (κ1) is 19.5. The maximum atomic E-state index is 12.7. The van der Waals surface area contributed by atoms with Gasteiger partial charge < -0.3 is 5.32 Å². The topological polar surface area (TPSA) is 97.2 Å². The standard InChI is InChI=1S/C20H23N5O3S/c1-14-18-12-15(13-21-19(18)24(2)23-14)20(26)22-16-6-8-17(9-7-16)29(27,28)25-10-4-3-5-11-25/h6-9,12-13H,3-5,10-11H2,1-2H3,(H,22,26). The zero-order valence-corrected chi connectivity index (χ0v) is 17.2. The fourth-order valence-electron chi connectivity index (χ4n) is 3.60. The number of carbonyl (C=O) groups is 1. The summed E-state index contributed by atoms with van der Waals surface area (Å²) in [7, 11) is -1.68. The molecule has 1 aliphatic rings. The lowest BCUT2D eigenvalue weighted by molar-refractivity contribution is 0.102. The van der Waals surface area contributed by atoms with Gasteiger partial charge in [0.15, 0.2) is 5.65 Å². The molecule has 4 rings (SSSR count). The van der Waals surface area contributed by atoms with Crippen molar-refractivity contribution < 1.29 is 13.2 Å². The molecule has 2 aromatic heterocycles. The van der Waals surface area contributed by atoms with E-state index in [1.807, 2.05) is 14.0 Å². The van der Waals surface area contributed by atoms with Crippen LogP contribution in [-0.2, 0) is 17.1 Å². The molecule has 1 aromatic carbocycles. The minimum absolute atomic E-state index is 0.242. The second-order valence-corrected chi connectivity index (χ2v) is 9.19. The number of carbonyl (C=O) groups excluding carboxylic acids is 1. The lowest BCUT2D eigenvalue weighted by atomic mass is 10.2. The molecule has 1 fully saturated rings. The molecule has 0 bridgehead atoms. The summed E-state index contributed by atoms with van der Waals surface area (Å²) in [6.45, 7) is 2.99. The van der Waals surface area contributed by atoms with E-state index in [0.717, 1.165) is 30.3 Å². The number of hydrogen-bond donors (Lipinski definition) is 1. The number of sulfonamides is 1. The third-order valence-corrected chi connectivity index (χ3v) is 7.10. The number of rotatable bonds is 4. The SMILES string of the molecule is Cc1nn(C)c2ncc(C(=O)Nc3ccc(S(=O)(=O)N4CCCCC4)cc3)cc12. The number of anilines is 1. The third kappa shape index (κ3) is 3.75. The Labute approximate surface area is 169 Å². The highest BCUT2D eigenvalue weighted by Gasteiger charge is 2.25. The molecule has 0 saturated carbocycles. The van der Waals surface area contributed by atoms with E-state index in [1.54, 1.807) is 22.9 Å². The van der Waals surface area contributed by atoms with Gasteiger partial charge in [-0.1, -0.05) is 6.42 Å². The van der Waals surface area contributed by atoms with Gasteiger partial charge in [-0.15, -0.1) is 0 Å². The van der Waals surface area contributed by atoms with Crippen LogP contribution in [0, 0.1) is 6.92 Å². The molecule has 1 aliphatic heterocycles. The summed E-state index contributed by atoms with van der Waals surface area (Å²) in [5.41, 5.74) is 2.46. The van der Waals surface area contributed by atoms with Crippen LogP contribution in [-0.4, -0.2) is 46.5 Å². The maximum absolute atomic E-state index is 12.7. The molecule has 0 spiro atoms.